The van der Waals surface area contributed by atoms with Crippen molar-refractivity contribution < 1.29 is 35.7 Å². The highest BCUT2D eigenvalue weighted by Gasteiger charge is 2.40. The van der Waals surface area contributed by atoms with Gasteiger partial charge in [-0.3, -0.25) is 0 Å². The highest BCUT2D eigenvalue weighted by atomic mass is 32.2. The molecular formula is C8H13F3O5S3. The van der Waals surface area contributed by atoms with Gasteiger partial charge in [-0.1, -0.05) is 11.8 Å². The van der Waals surface area contributed by atoms with Gasteiger partial charge in [0.15, 0.2) is 10.1 Å². The summed E-state index contributed by atoms with van der Waals surface area (Å²) in [6, 6.07) is 0. The predicted octanol–water partition coefficient (Wildman–Crippen LogP) is 0.922. The van der Waals surface area contributed by atoms with Gasteiger partial charge < -0.3 is 9.29 Å². The predicted molar refractivity (Wildman–Crippen MR) is 66.8 cm³/mol. The van der Waals surface area contributed by atoms with Crippen LogP contribution < -0.4 is 0 Å². The van der Waals surface area contributed by atoms with Crippen molar-refractivity contribution in [3.63, 3.8) is 0 Å². The number of rotatable bonds is 2. The molecule has 0 aliphatic carbocycles. The molecule has 0 aromatic carbocycles. The maximum Gasteiger partial charge on any atom is 0.485 e. The van der Waals surface area contributed by atoms with Crippen LogP contribution in [0.25, 0.3) is 0 Å². The van der Waals surface area contributed by atoms with Crippen molar-refractivity contribution in [1.29, 1.82) is 0 Å². The van der Waals surface area contributed by atoms with Gasteiger partial charge in [0, 0.05) is 16.6 Å². The summed E-state index contributed by atoms with van der Waals surface area (Å²) < 4.78 is 64.0. The summed E-state index contributed by atoms with van der Waals surface area (Å²) in [7, 11) is -5.84. The third kappa shape index (κ3) is 6.72. The molecule has 0 saturated carbocycles. The zero-order valence-electron chi connectivity index (χ0n) is 10.1. The molecule has 114 valence electrons. The number of ether oxygens (including phenoxy) is 1. The van der Waals surface area contributed by atoms with Crippen molar-refractivity contribution in [2.45, 2.75) is 17.0 Å². The van der Waals surface area contributed by atoms with Crippen molar-refractivity contribution in [2.24, 2.45) is 0 Å². The normalized spacial score (nSPS) is 23.5. The molecule has 11 heteroatoms. The number of carbonyl (C=O) groups is 1. The zero-order valence-corrected chi connectivity index (χ0v) is 12.5. The molecule has 0 aromatic rings. The lowest BCUT2D eigenvalue weighted by Crippen LogP contribution is -2.25. The summed E-state index contributed by atoms with van der Waals surface area (Å²) in [5.41, 5.74) is -5.65. The van der Waals surface area contributed by atoms with E-state index in [2.05, 4.69) is 6.26 Å². The van der Waals surface area contributed by atoms with Crippen LogP contribution in [0.3, 0.4) is 0 Å². The molecule has 0 radical (unpaired) electrons. The second kappa shape index (κ2) is 7.60. The SMILES string of the molecule is CCOC(=O)C1SCC[S+]1C.O=S(=O)([O-])C(F)(F)F. The van der Waals surface area contributed by atoms with E-state index in [1.54, 1.807) is 11.8 Å². The zero-order chi connectivity index (χ0) is 15.3. The molecule has 2 atom stereocenters. The third-order valence-corrected chi connectivity index (χ3v) is 6.73. The average Bonchev–Trinajstić information content (AvgIpc) is 2.62. The van der Waals surface area contributed by atoms with Gasteiger partial charge in [0.25, 0.3) is 4.58 Å². The molecule has 1 heterocycles. The Morgan fingerprint density at radius 3 is 2.26 bits per heavy atom. The molecule has 0 bridgehead atoms. The van der Waals surface area contributed by atoms with Crippen LogP contribution in [0, 0.1) is 0 Å². The Hall–Kier alpha value is -0.130. The number of hydrogen-bond donors (Lipinski definition) is 0. The molecule has 0 N–H and O–H groups in total. The molecule has 1 rings (SSSR count). The molecule has 1 aliphatic heterocycles. The highest BCUT2D eigenvalue weighted by molar-refractivity contribution is 8.19. The highest BCUT2D eigenvalue weighted by Crippen LogP contribution is 2.27. The van der Waals surface area contributed by atoms with E-state index in [0.29, 0.717) is 6.61 Å². The van der Waals surface area contributed by atoms with Crippen LogP contribution in [0.15, 0.2) is 0 Å². The Morgan fingerprint density at radius 1 is 1.53 bits per heavy atom. The van der Waals surface area contributed by atoms with E-state index in [1.807, 2.05) is 6.92 Å². The van der Waals surface area contributed by atoms with Crippen LogP contribution in [0.2, 0.25) is 0 Å². The van der Waals surface area contributed by atoms with Crippen LogP contribution in [0.5, 0.6) is 0 Å². The largest absolute Gasteiger partial charge is 0.741 e. The van der Waals surface area contributed by atoms with E-state index >= 15 is 0 Å². The summed E-state index contributed by atoms with van der Waals surface area (Å²) in [6.07, 6.45) is 2.14. The first kappa shape index (κ1) is 18.9. The minimum atomic E-state index is -6.09. The van der Waals surface area contributed by atoms with Crippen LogP contribution in [0.1, 0.15) is 6.92 Å². The molecule has 1 aliphatic rings. The number of hydrogen-bond acceptors (Lipinski definition) is 6. The summed E-state index contributed by atoms with van der Waals surface area (Å²) in [5.74, 6) is 2.28. The van der Waals surface area contributed by atoms with E-state index in [1.165, 1.54) is 5.75 Å². The molecule has 1 fully saturated rings. The van der Waals surface area contributed by atoms with E-state index < -0.39 is 15.6 Å². The van der Waals surface area contributed by atoms with E-state index in [9.17, 15) is 18.0 Å². The second-order valence-electron chi connectivity index (χ2n) is 3.25. The molecular weight excluding hydrogens is 329 g/mol. The standard InChI is InChI=1S/C7H13O2S2.CHF3O3S/c1-3-9-6(8)7-10-4-5-11(7)2;2-1(3,4)8(5,6)7/h7H,3-5H2,1-2H3;(H,5,6,7)/q+1;/p-1. The molecule has 0 aromatic heterocycles. The van der Waals surface area contributed by atoms with Crippen LogP contribution >= 0.6 is 11.8 Å². The van der Waals surface area contributed by atoms with Crippen LogP contribution in [-0.4, -0.2) is 53.4 Å². The molecule has 1 saturated heterocycles. The van der Waals surface area contributed by atoms with Crippen molar-refractivity contribution in [1.82, 2.24) is 0 Å². The molecule has 0 spiro atoms. The third-order valence-electron chi connectivity index (χ3n) is 1.80. The first-order valence-electron chi connectivity index (χ1n) is 4.92. The monoisotopic (exact) mass is 342 g/mol. The average molecular weight is 342 g/mol. The fourth-order valence-corrected chi connectivity index (χ4v) is 4.92. The fraction of sp³-hybridized carbons (Fsp3) is 0.875. The van der Waals surface area contributed by atoms with Gasteiger partial charge in [-0.05, 0) is 6.92 Å². The van der Waals surface area contributed by atoms with Crippen molar-refractivity contribution >= 4 is 38.7 Å². The maximum atomic E-state index is 11.2. The van der Waals surface area contributed by atoms with Gasteiger partial charge in [-0.25, -0.2) is 13.2 Å². The lowest BCUT2D eigenvalue weighted by Gasteiger charge is -2.08. The Kier molecular flexibility index (Phi) is 7.55. The number of halogens is 3. The summed E-state index contributed by atoms with van der Waals surface area (Å²) in [5, 5.41) is 0. The smallest absolute Gasteiger partial charge is 0.485 e. The van der Waals surface area contributed by atoms with Gasteiger partial charge in [0.2, 0.25) is 0 Å². The van der Waals surface area contributed by atoms with Gasteiger partial charge in [0.05, 0.1) is 12.9 Å². The van der Waals surface area contributed by atoms with Gasteiger partial charge in [-0.2, -0.15) is 13.2 Å². The quantitative estimate of drug-likeness (QED) is 0.321. The lowest BCUT2D eigenvalue weighted by molar-refractivity contribution is -0.140. The first-order valence-corrected chi connectivity index (χ1v) is 9.24. The second-order valence-corrected chi connectivity index (χ2v) is 8.39. The van der Waals surface area contributed by atoms with Gasteiger partial charge in [0.1, 0.15) is 5.75 Å². The molecule has 19 heavy (non-hydrogen) atoms. The number of alkyl halides is 3. The summed E-state index contributed by atoms with van der Waals surface area (Å²) in [6.45, 7) is 2.36. The lowest BCUT2D eigenvalue weighted by atomic mass is 10.7. The van der Waals surface area contributed by atoms with Gasteiger partial charge >= 0.3 is 11.5 Å². The summed E-state index contributed by atoms with van der Waals surface area (Å²) in [4.78, 5) is 11.2. The Morgan fingerprint density at radius 2 is 2.00 bits per heavy atom. The van der Waals surface area contributed by atoms with Crippen molar-refractivity contribution in [3.8, 4) is 0 Å². The van der Waals surface area contributed by atoms with Crippen molar-refractivity contribution in [2.75, 3.05) is 24.4 Å². The van der Waals surface area contributed by atoms with E-state index in [0.717, 1.165) is 5.75 Å². The van der Waals surface area contributed by atoms with Crippen LogP contribution in [0.4, 0.5) is 13.2 Å². The summed E-state index contributed by atoms with van der Waals surface area (Å²) >= 11 is 1.74. The fourth-order valence-electron chi connectivity index (χ4n) is 0.952. The number of carbonyl (C=O) groups excluding carboxylic acids is 1. The first-order chi connectivity index (χ1) is 8.50. The van der Waals surface area contributed by atoms with E-state index in [-0.39, 0.29) is 21.4 Å². The Labute approximate surface area is 116 Å². The molecule has 2 unspecified atom stereocenters. The topological polar surface area (TPSA) is 83.5 Å². The number of esters is 1. The minimum absolute atomic E-state index is 0.0131. The van der Waals surface area contributed by atoms with Gasteiger partial charge in [-0.15, -0.1) is 0 Å². The van der Waals surface area contributed by atoms with Crippen LogP contribution in [-0.2, 0) is 30.5 Å². The molecule has 0 amide bonds. The van der Waals surface area contributed by atoms with E-state index in [4.69, 9.17) is 17.7 Å². The molecule has 5 nitrogen and oxygen atoms in total. The Bertz CT molecular complexity index is 395. The minimum Gasteiger partial charge on any atom is -0.741 e. The Balaban J connectivity index is 0.000000362. The number of thioether (sulfide) groups is 1. The maximum absolute atomic E-state index is 11.2. The van der Waals surface area contributed by atoms with Crippen molar-refractivity contribution in [3.05, 3.63) is 0 Å².